The number of benzene rings is 1. The Morgan fingerprint density at radius 1 is 1.28 bits per heavy atom. The van der Waals surface area contributed by atoms with Crippen LogP contribution in [0.5, 0.6) is 0 Å². The molecule has 2 aromatic heterocycles. The number of hydrogen-bond donors (Lipinski definition) is 3. The van der Waals surface area contributed by atoms with E-state index in [4.69, 9.17) is 0 Å². The average molecular weight is 448 g/mol. The number of alkyl halides is 3. The van der Waals surface area contributed by atoms with E-state index >= 15 is 0 Å². The van der Waals surface area contributed by atoms with Crippen LogP contribution in [0.15, 0.2) is 47.5 Å². The van der Waals surface area contributed by atoms with Crippen molar-refractivity contribution in [3.63, 3.8) is 0 Å². The van der Waals surface area contributed by atoms with Crippen molar-refractivity contribution in [3.8, 4) is 16.9 Å². The van der Waals surface area contributed by atoms with Gasteiger partial charge in [0.25, 0.3) is 11.5 Å². The van der Waals surface area contributed by atoms with Crippen molar-refractivity contribution in [1.29, 1.82) is 0 Å². The van der Waals surface area contributed by atoms with Crippen molar-refractivity contribution in [2.24, 2.45) is 7.05 Å². The number of H-pyrrole nitrogens is 1. The van der Waals surface area contributed by atoms with Crippen LogP contribution < -0.4 is 15.6 Å². The van der Waals surface area contributed by atoms with Crippen LogP contribution in [0.3, 0.4) is 0 Å². The normalized spacial score (nSPS) is 18.7. The number of aryl methyl sites for hydroxylation is 1. The Bertz CT molecular complexity index is 1200. The summed E-state index contributed by atoms with van der Waals surface area (Å²) in [5.41, 5.74) is -0.925. The van der Waals surface area contributed by atoms with Gasteiger partial charge in [0.1, 0.15) is 5.56 Å². The van der Waals surface area contributed by atoms with Crippen LogP contribution in [0.25, 0.3) is 16.9 Å². The second-order valence-electron chi connectivity index (χ2n) is 7.75. The van der Waals surface area contributed by atoms with E-state index in [1.807, 2.05) is 0 Å². The second kappa shape index (κ2) is 8.23. The summed E-state index contributed by atoms with van der Waals surface area (Å²) >= 11 is 0. The fraction of sp³-hybridized carbons (Fsp3) is 0.333. The molecule has 4 rings (SSSR count). The number of aliphatic hydroxyl groups is 1. The number of halogens is 3. The number of hydrogen-bond acceptors (Lipinski definition) is 4. The maximum absolute atomic E-state index is 13.0. The number of carbonyl (C=O) groups excluding carboxylic acids is 1. The van der Waals surface area contributed by atoms with E-state index in [1.54, 1.807) is 17.9 Å². The summed E-state index contributed by atoms with van der Waals surface area (Å²) in [6, 6.07) is 5.08. The molecule has 168 valence electrons. The Labute approximate surface area is 180 Å². The lowest BCUT2D eigenvalue weighted by molar-refractivity contribution is -0.726. The molecule has 1 saturated carbocycles. The standard InChI is InChI=1S/C21H20F3N5O3/c1-28-11-14(10-25-28)29-20(32)15(19(31)26-16-3-2-4-18(16)30)9-17(27-29)12-5-7-13(8-6-12)21(22,23)24/h5-11,16,18,30H,2-4H2,1H3,(H,26,31)/p+1/t16-,18+/m1/s1. The molecule has 0 saturated heterocycles. The number of rotatable bonds is 4. The van der Waals surface area contributed by atoms with Crippen molar-refractivity contribution in [2.75, 3.05) is 0 Å². The van der Waals surface area contributed by atoms with Gasteiger partial charge in [0, 0.05) is 5.56 Å². The Morgan fingerprint density at radius 3 is 2.56 bits per heavy atom. The van der Waals surface area contributed by atoms with E-state index in [0.717, 1.165) is 23.2 Å². The van der Waals surface area contributed by atoms with Gasteiger partial charge >= 0.3 is 6.18 Å². The van der Waals surface area contributed by atoms with Gasteiger partial charge in [0.15, 0.2) is 12.7 Å². The minimum Gasteiger partial charge on any atom is -0.391 e. The molecule has 0 unspecified atom stereocenters. The van der Waals surface area contributed by atoms with E-state index in [0.29, 0.717) is 24.1 Å². The Kier molecular flexibility index (Phi) is 5.59. The lowest BCUT2D eigenvalue weighted by Gasteiger charge is -2.17. The molecule has 2 atom stereocenters. The molecule has 32 heavy (non-hydrogen) atoms. The summed E-state index contributed by atoms with van der Waals surface area (Å²) in [6.45, 7) is 0. The third kappa shape index (κ3) is 4.28. The molecule has 1 fully saturated rings. The predicted molar refractivity (Wildman–Crippen MR) is 107 cm³/mol. The van der Waals surface area contributed by atoms with Crippen LogP contribution in [0.1, 0.15) is 35.2 Å². The number of carbonyl (C=O) groups is 1. The minimum atomic E-state index is -4.49. The van der Waals surface area contributed by atoms with Gasteiger partial charge in [0.2, 0.25) is 6.20 Å². The Balaban J connectivity index is 1.79. The highest BCUT2D eigenvalue weighted by molar-refractivity contribution is 5.95. The van der Waals surface area contributed by atoms with E-state index in [1.165, 1.54) is 24.4 Å². The monoisotopic (exact) mass is 448 g/mol. The molecule has 1 aliphatic rings. The van der Waals surface area contributed by atoms with Crippen molar-refractivity contribution in [2.45, 2.75) is 37.6 Å². The van der Waals surface area contributed by atoms with E-state index < -0.39 is 35.4 Å². The van der Waals surface area contributed by atoms with E-state index in [9.17, 15) is 27.9 Å². The van der Waals surface area contributed by atoms with Crippen LogP contribution in [-0.4, -0.2) is 38.0 Å². The zero-order valence-corrected chi connectivity index (χ0v) is 17.1. The van der Waals surface area contributed by atoms with Crippen LogP contribution in [0.2, 0.25) is 0 Å². The molecule has 0 bridgehead atoms. The molecule has 2 heterocycles. The number of aromatic nitrogens is 4. The van der Waals surface area contributed by atoms with Crippen LogP contribution >= 0.6 is 0 Å². The predicted octanol–water partition coefficient (Wildman–Crippen LogP) is 1.71. The molecule has 0 radical (unpaired) electrons. The Hall–Kier alpha value is -3.47. The third-order valence-corrected chi connectivity index (χ3v) is 5.45. The van der Waals surface area contributed by atoms with Crippen molar-refractivity contribution in [3.05, 3.63) is 64.2 Å². The zero-order chi connectivity index (χ0) is 23.0. The molecular weight excluding hydrogens is 427 g/mol. The first-order valence-electron chi connectivity index (χ1n) is 9.99. The molecule has 1 amide bonds. The molecule has 0 aliphatic heterocycles. The third-order valence-electron chi connectivity index (χ3n) is 5.45. The summed E-state index contributed by atoms with van der Waals surface area (Å²) in [4.78, 5) is 25.9. The number of nitrogens with zero attached hydrogens (tertiary/aromatic N) is 3. The molecule has 3 aromatic rings. The SMILES string of the molecule is C[n+]1cc(-n2nc(-c3ccc(C(F)(F)F)cc3)cc(C(=O)N[C@@H]3CCC[C@@H]3O)c2=O)c[nH]1. The average Bonchev–Trinajstić information content (AvgIpc) is 3.35. The summed E-state index contributed by atoms with van der Waals surface area (Å²) in [7, 11) is 1.70. The highest BCUT2D eigenvalue weighted by Gasteiger charge is 2.31. The summed E-state index contributed by atoms with van der Waals surface area (Å²) in [5, 5.41) is 19.8. The zero-order valence-electron chi connectivity index (χ0n) is 17.1. The first-order valence-corrected chi connectivity index (χ1v) is 9.99. The molecule has 1 aromatic carbocycles. The van der Waals surface area contributed by atoms with Gasteiger partial charge in [0.05, 0.1) is 29.6 Å². The summed E-state index contributed by atoms with van der Waals surface area (Å²) in [5.74, 6) is -0.676. The first-order chi connectivity index (χ1) is 15.1. The fourth-order valence-electron chi connectivity index (χ4n) is 3.71. The van der Waals surface area contributed by atoms with Crippen LogP contribution in [0.4, 0.5) is 13.2 Å². The summed E-state index contributed by atoms with van der Waals surface area (Å²) < 4.78 is 41.3. The smallest absolute Gasteiger partial charge is 0.391 e. The van der Waals surface area contributed by atoms with Gasteiger partial charge in [-0.15, -0.1) is 4.68 Å². The molecular formula is C21H21F3N5O3+. The van der Waals surface area contributed by atoms with Gasteiger partial charge in [-0.25, -0.2) is 0 Å². The van der Waals surface area contributed by atoms with E-state index in [-0.39, 0.29) is 11.3 Å². The largest absolute Gasteiger partial charge is 0.416 e. The van der Waals surface area contributed by atoms with Gasteiger partial charge in [-0.3, -0.25) is 9.59 Å². The number of aliphatic hydroxyl groups excluding tert-OH is 1. The topological polar surface area (TPSA) is 104 Å². The highest BCUT2D eigenvalue weighted by Crippen LogP contribution is 2.30. The molecule has 0 spiro atoms. The Morgan fingerprint density at radius 2 is 2.00 bits per heavy atom. The van der Waals surface area contributed by atoms with Crippen molar-refractivity contribution >= 4 is 5.91 Å². The first kappa shape index (κ1) is 21.8. The van der Waals surface area contributed by atoms with Gasteiger partial charge < -0.3 is 10.4 Å². The maximum atomic E-state index is 13.0. The second-order valence-corrected chi connectivity index (χ2v) is 7.75. The van der Waals surface area contributed by atoms with E-state index in [2.05, 4.69) is 15.5 Å². The van der Waals surface area contributed by atoms with Gasteiger partial charge in [-0.1, -0.05) is 12.1 Å². The lowest BCUT2D eigenvalue weighted by Crippen LogP contribution is -2.42. The van der Waals surface area contributed by atoms with Crippen molar-refractivity contribution in [1.82, 2.24) is 20.2 Å². The quantitative estimate of drug-likeness (QED) is 0.529. The molecule has 3 N–H and O–H groups in total. The number of amides is 1. The number of nitrogens with one attached hydrogen (secondary N) is 2. The lowest BCUT2D eigenvalue weighted by atomic mass is 10.1. The summed E-state index contributed by atoms with van der Waals surface area (Å²) in [6.07, 6.45) is -0.198. The highest BCUT2D eigenvalue weighted by atomic mass is 19.4. The molecule has 11 heteroatoms. The number of aromatic amines is 1. The molecule has 1 aliphatic carbocycles. The fourth-order valence-corrected chi connectivity index (χ4v) is 3.71. The van der Waals surface area contributed by atoms with Crippen LogP contribution in [-0.2, 0) is 13.2 Å². The minimum absolute atomic E-state index is 0.152. The van der Waals surface area contributed by atoms with Crippen molar-refractivity contribution < 1.29 is 27.8 Å². The molecule has 8 nitrogen and oxygen atoms in total. The van der Waals surface area contributed by atoms with Gasteiger partial charge in [-0.05, 0) is 37.5 Å². The van der Waals surface area contributed by atoms with Gasteiger partial charge in [-0.2, -0.15) is 28.1 Å². The maximum Gasteiger partial charge on any atom is 0.416 e. The van der Waals surface area contributed by atoms with Crippen LogP contribution in [0, 0.1) is 0 Å².